The van der Waals surface area contributed by atoms with Gasteiger partial charge in [0.2, 0.25) is 0 Å². The van der Waals surface area contributed by atoms with Crippen LogP contribution in [0, 0.1) is 5.82 Å². The number of morpholine rings is 1. The smallest absolute Gasteiger partial charge is 0.258 e. The maximum atomic E-state index is 12.9. The number of ether oxygens (including phenoxy) is 2. The highest BCUT2D eigenvalue weighted by atomic mass is 32.2. The van der Waals surface area contributed by atoms with E-state index in [2.05, 4.69) is 25.3 Å². The van der Waals surface area contributed by atoms with Gasteiger partial charge in [-0.2, -0.15) is 5.10 Å². The molecule has 4 rings (SSSR count). The number of hydrogen-bond acceptors (Lipinski definition) is 8. The normalized spacial score (nSPS) is 14.1. The molecule has 0 unspecified atom stereocenters. The first kappa shape index (κ1) is 21.3. The second-order valence-electron chi connectivity index (χ2n) is 6.83. The lowest BCUT2D eigenvalue weighted by molar-refractivity contribution is -0.123. The number of amides is 1. The van der Waals surface area contributed by atoms with Crippen LogP contribution in [0.25, 0.3) is 11.0 Å². The van der Waals surface area contributed by atoms with Crippen LogP contribution in [0.15, 0.2) is 35.6 Å². The first-order valence-corrected chi connectivity index (χ1v) is 11.1. The summed E-state index contributed by atoms with van der Waals surface area (Å²) in [4.78, 5) is 23.5. The second-order valence-corrected chi connectivity index (χ2v) is 7.60. The predicted molar refractivity (Wildman–Crippen MR) is 115 cm³/mol. The Morgan fingerprint density at radius 3 is 2.77 bits per heavy atom. The van der Waals surface area contributed by atoms with Crippen LogP contribution < -0.4 is 15.0 Å². The number of benzene rings is 1. The molecule has 0 atom stereocenters. The van der Waals surface area contributed by atoms with Crippen molar-refractivity contribution in [2.75, 3.05) is 50.6 Å². The standard InChI is InChI=1S/C20H23FN6O3S/c1-31-20-24-18(26-8-10-29-11-9-26)16-12-23-27(19(16)25-20)7-6-22-17(28)13-30-15-4-2-14(21)3-5-15/h2-5,12H,6-11,13H2,1H3,(H,22,28). The number of anilines is 1. The first-order valence-electron chi connectivity index (χ1n) is 9.89. The summed E-state index contributed by atoms with van der Waals surface area (Å²) in [6.45, 7) is 3.56. The Kier molecular flexibility index (Phi) is 6.82. The van der Waals surface area contributed by atoms with Crippen LogP contribution in [-0.4, -0.2) is 71.4 Å². The van der Waals surface area contributed by atoms with Gasteiger partial charge in [0, 0.05) is 19.6 Å². The Morgan fingerprint density at radius 1 is 1.26 bits per heavy atom. The van der Waals surface area contributed by atoms with E-state index < -0.39 is 0 Å². The number of nitrogens with zero attached hydrogens (tertiary/aromatic N) is 5. The van der Waals surface area contributed by atoms with Gasteiger partial charge in [0.15, 0.2) is 17.4 Å². The Morgan fingerprint density at radius 2 is 2.03 bits per heavy atom. The molecule has 11 heteroatoms. The number of nitrogens with one attached hydrogen (secondary N) is 1. The van der Waals surface area contributed by atoms with Gasteiger partial charge in [-0.1, -0.05) is 11.8 Å². The predicted octanol–water partition coefficient (Wildman–Crippen LogP) is 1.72. The van der Waals surface area contributed by atoms with E-state index in [1.54, 1.807) is 10.9 Å². The van der Waals surface area contributed by atoms with Crippen molar-refractivity contribution in [1.29, 1.82) is 0 Å². The fourth-order valence-corrected chi connectivity index (χ4v) is 3.58. The Bertz CT molecular complexity index is 1040. The van der Waals surface area contributed by atoms with Gasteiger partial charge in [0.1, 0.15) is 17.4 Å². The SMILES string of the molecule is CSc1nc(N2CCOCC2)c2cnn(CCNC(=O)COc3ccc(F)cc3)c2n1. The van der Waals surface area contributed by atoms with Crippen LogP contribution in [-0.2, 0) is 16.1 Å². The van der Waals surface area contributed by atoms with Crippen molar-refractivity contribution < 1.29 is 18.7 Å². The minimum atomic E-state index is -0.353. The van der Waals surface area contributed by atoms with Crippen molar-refractivity contribution in [3.63, 3.8) is 0 Å². The molecule has 31 heavy (non-hydrogen) atoms. The zero-order valence-corrected chi connectivity index (χ0v) is 17.9. The summed E-state index contributed by atoms with van der Waals surface area (Å²) in [6, 6.07) is 5.53. The van der Waals surface area contributed by atoms with E-state index >= 15 is 0 Å². The van der Waals surface area contributed by atoms with Crippen molar-refractivity contribution in [3.05, 3.63) is 36.3 Å². The summed E-state index contributed by atoms with van der Waals surface area (Å²) in [5, 5.41) is 8.81. The molecule has 164 valence electrons. The zero-order valence-electron chi connectivity index (χ0n) is 17.1. The van der Waals surface area contributed by atoms with Gasteiger partial charge in [0.25, 0.3) is 5.91 Å². The third kappa shape index (κ3) is 5.23. The van der Waals surface area contributed by atoms with Crippen LogP contribution >= 0.6 is 11.8 Å². The monoisotopic (exact) mass is 446 g/mol. The molecule has 1 fully saturated rings. The highest BCUT2D eigenvalue weighted by Crippen LogP contribution is 2.27. The molecule has 0 aliphatic carbocycles. The molecular weight excluding hydrogens is 423 g/mol. The van der Waals surface area contributed by atoms with Crippen LogP contribution in [0.3, 0.4) is 0 Å². The lowest BCUT2D eigenvalue weighted by Gasteiger charge is -2.28. The molecule has 0 radical (unpaired) electrons. The lowest BCUT2D eigenvalue weighted by Crippen LogP contribution is -2.37. The average molecular weight is 447 g/mol. The van der Waals surface area contributed by atoms with Crippen LogP contribution in [0.4, 0.5) is 10.2 Å². The molecule has 1 aliphatic rings. The van der Waals surface area contributed by atoms with Crippen LogP contribution in [0.1, 0.15) is 0 Å². The topological polar surface area (TPSA) is 94.4 Å². The molecular formula is C20H23FN6O3S. The van der Waals surface area contributed by atoms with Gasteiger partial charge >= 0.3 is 0 Å². The highest BCUT2D eigenvalue weighted by molar-refractivity contribution is 7.98. The quantitative estimate of drug-likeness (QED) is 0.413. The summed E-state index contributed by atoms with van der Waals surface area (Å²) in [5.41, 5.74) is 0.734. The number of hydrogen-bond donors (Lipinski definition) is 1. The van der Waals surface area contributed by atoms with Crippen molar-refractivity contribution in [3.8, 4) is 5.75 Å². The lowest BCUT2D eigenvalue weighted by atomic mass is 10.3. The van der Waals surface area contributed by atoms with E-state index in [1.807, 2.05) is 6.26 Å². The average Bonchev–Trinajstić information content (AvgIpc) is 3.21. The summed E-state index contributed by atoms with van der Waals surface area (Å²) < 4.78 is 25.5. The number of carbonyl (C=O) groups is 1. The number of thioether (sulfide) groups is 1. The fourth-order valence-electron chi connectivity index (χ4n) is 3.22. The van der Waals surface area contributed by atoms with Gasteiger partial charge in [-0.25, -0.2) is 19.0 Å². The van der Waals surface area contributed by atoms with E-state index in [1.165, 1.54) is 36.0 Å². The summed E-state index contributed by atoms with van der Waals surface area (Å²) in [7, 11) is 0. The van der Waals surface area contributed by atoms with E-state index in [9.17, 15) is 9.18 Å². The van der Waals surface area contributed by atoms with Gasteiger partial charge in [-0.3, -0.25) is 4.79 Å². The summed E-state index contributed by atoms with van der Waals surface area (Å²) >= 11 is 1.48. The minimum absolute atomic E-state index is 0.147. The Hall–Kier alpha value is -2.92. The molecule has 0 saturated carbocycles. The number of carbonyl (C=O) groups excluding carboxylic acids is 1. The second kappa shape index (κ2) is 9.92. The maximum Gasteiger partial charge on any atom is 0.258 e. The molecule has 1 aliphatic heterocycles. The van der Waals surface area contributed by atoms with Crippen LogP contribution in [0.2, 0.25) is 0 Å². The van der Waals surface area contributed by atoms with E-state index in [0.29, 0.717) is 37.2 Å². The van der Waals surface area contributed by atoms with Crippen LogP contribution in [0.5, 0.6) is 5.75 Å². The Balaban J connectivity index is 1.38. The van der Waals surface area contributed by atoms with E-state index in [0.717, 1.165) is 29.9 Å². The molecule has 0 spiro atoms. The molecule has 0 bridgehead atoms. The molecule has 2 aromatic heterocycles. The van der Waals surface area contributed by atoms with E-state index in [4.69, 9.17) is 9.47 Å². The van der Waals surface area contributed by atoms with Crippen molar-refractivity contribution in [1.82, 2.24) is 25.1 Å². The largest absolute Gasteiger partial charge is 0.484 e. The molecule has 3 aromatic rings. The number of aromatic nitrogens is 4. The maximum absolute atomic E-state index is 12.9. The summed E-state index contributed by atoms with van der Waals surface area (Å²) in [5.74, 6) is 0.676. The molecule has 1 amide bonds. The van der Waals surface area contributed by atoms with Gasteiger partial charge in [-0.15, -0.1) is 0 Å². The summed E-state index contributed by atoms with van der Waals surface area (Å²) in [6.07, 6.45) is 3.70. The highest BCUT2D eigenvalue weighted by Gasteiger charge is 2.20. The van der Waals surface area contributed by atoms with Crippen molar-refractivity contribution in [2.24, 2.45) is 0 Å². The number of fused-ring (bicyclic) bond motifs is 1. The molecule has 1 saturated heterocycles. The third-order valence-electron chi connectivity index (χ3n) is 4.78. The van der Waals surface area contributed by atoms with Crippen molar-refractivity contribution >= 4 is 34.5 Å². The van der Waals surface area contributed by atoms with Crippen molar-refractivity contribution in [2.45, 2.75) is 11.7 Å². The van der Waals surface area contributed by atoms with Gasteiger partial charge in [0.05, 0.1) is 31.3 Å². The first-order chi connectivity index (χ1) is 15.1. The number of halogens is 1. The fraction of sp³-hybridized carbons (Fsp3) is 0.400. The van der Waals surface area contributed by atoms with Gasteiger partial charge < -0.3 is 19.7 Å². The Labute approximate surface area is 182 Å². The van der Waals surface area contributed by atoms with Gasteiger partial charge in [-0.05, 0) is 30.5 Å². The molecule has 3 heterocycles. The zero-order chi connectivity index (χ0) is 21.6. The number of rotatable bonds is 8. The minimum Gasteiger partial charge on any atom is -0.484 e. The third-order valence-corrected chi connectivity index (χ3v) is 5.33. The molecule has 1 aromatic carbocycles. The molecule has 9 nitrogen and oxygen atoms in total. The molecule has 1 N–H and O–H groups in total. The van der Waals surface area contributed by atoms with E-state index in [-0.39, 0.29) is 18.3 Å².